The molecule has 1 unspecified atom stereocenters. The highest BCUT2D eigenvalue weighted by atomic mass is 15.2. The predicted molar refractivity (Wildman–Crippen MR) is 48.7 cm³/mol. The van der Waals surface area contributed by atoms with E-state index < -0.39 is 0 Å². The Kier molecular flexibility index (Phi) is 7.23. The topological polar surface area (TPSA) is 38.0 Å². The Bertz CT molecular complexity index is 115. The first-order valence-corrected chi connectivity index (χ1v) is 4.24. The normalized spacial score (nSPS) is 12.5. The first-order chi connectivity index (χ1) is 5.35. The van der Waals surface area contributed by atoms with Gasteiger partial charge in [0.25, 0.3) is 0 Å². The summed E-state index contributed by atoms with van der Waals surface area (Å²) < 4.78 is 0. The lowest BCUT2D eigenvalue weighted by Crippen LogP contribution is -2.34. The van der Waals surface area contributed by atoms with Gasteiger partial charge in [-0.3, -0.25) is 11.3 Å². The van der Waals surface area contributed by atoms with Crippen LogP contribution in [0.5, 0.6) is 0 Å². The Balaban J connectivity index is 3.29. The molecule has 0 bridgehead atoms. The van der Waals surface area contributed by atoms with Gasteiger partial charge in [0, 0.05) is 12.5 Å². The quantitative estimate of drug-likeness (QED) is 0.263. The van der Waals surface area contributed by atoms with E-state index in [0.717, 1.165) is 25.7 Å². The van der Waals surface area contributed by atoms with Crippen molar-refractivity contribution in [2.24, 2.45) is 5.84 Å². The van der Waals surface area contributed by atoms with E-state index in [0.29, 0.717) is 6.04 Å². The average Bonchev–Trinajstić information content (AvgIpc) is 2.03. The van der Waals surface area contributed by atoms with Gasteiger partial charge in [0.05, 0.1) is 0 Å². The van der Waals surface area contributed by atoms with Crippen LogP contribution in [0, 0.1) is 12.3 Å². The minimum Gasteiger partial charge on any atom is -0.271 e. The number of nitrogens with two attached hydrogens (primary N) is 1. The number of hydrogen-bond acceptors (Lipinski definition) is 2. The van der Waals surface area contributed by atoms with E-state index in [1.54, 1.807) is 0 Å². The molecule has 0 aromatic heterocycles. The molecule has 0 amide bonds. The molecular weight excluding hydrogens is 136 g/mol. The van der Waals surface area contributed by atoms with E-state index in [2.05, 4.69) is 18.3 Å². The molecule has 0 heterocycles. The first kappa shape index (κ1) is 10.5. The Morgan fingerprint density at radius 2 is 2.27 bits per heavy atom. The number of rotatable bonds is 6. The van der Waals surface area contributed by atoms with Gasteiger partial charge in [0.1, 0.15) is 0 Å². The summed E-state index contributed by atoms with van der Waals surface area (Å²) in [6, 6.07) is 0.452. The molecule has 0 aliphatic carbocycles. The molecule has 0 saturated carbocycles. The van der Waals surface area contributed by atoms with Crippen LogP contribution in [0.15, 0.2) is 0 Å². The maximum atomic E-state index is 5.34. The lowest BCUT2D eigenvalue weighted by molar-refractivity contribution is 0.450. The van der Waals surface area contributed by atoms with Crippen LogP contribution < -0.4 is 11.3 Å². The summed E-state index contributed by atoms with van der Waals surface area (Å²) in [6.07, 6.45) is 10.5. The Morgan fingerprint density at radius 1 is 1.55 bits per heavy atom. The van der Waals surface area contributed by atoms with E-state index >= 15 is 0 Å². The highest BCUT2D eigenvalue weighted by Crippen LogP contribution is 2.04. The van der Waals surface area contributed by atoms with E-state index in [9.17, 15) is 0 Å². The zero-order valence-electron chi connectivity index (χ0n) is 7.27. The molecule has 64 valence electrons. The zero-order chi connectivity index (χ0) is 8.53. The van der Waals surface area contributed by atoms with Crippen LogP contribution in [0.3, 0.4) is 0 Å². The van der Waals surface area contributed by atoms with Crippen LogP contribution >= 0.6 is 0 Å². The molecule has 1 atom stereocenters. The van der Waals surface area contributed by atoms with Crippen LogP contribution in [-0.4, -0.2) is 6.04 Å². The van der Waals surface area contributed by atoms with Crippen molar-refractivity contribution in [2.75, 3.05) is 0 Å². The third-order valence-electron chi connectivity index (χ3n) is 1.75. The highest BCUT2D eigenvalue weighted by molar-refractivity contribution is 4.83. The molecule has 0 fully saturated rings. The van der Waals surface area contributed by atoms with Crippen molar-refractivity contribution in [1.82, 2.24) is 5.43 Å². The second-order valence-electron chi connectivity index (χ2n) is 2.75. The molecule has 0 rings (SSSR count). The molecule has 0 aliphatic rings. The second kappa shape index (κ2) is 7.59. The third kappa shape index (κ3) is 5.90. The van der Waals surface area contributed by atoms with Crippen molar-refractivity contribution in [3.63, 3.8) is 0 Å². The Hall–Kier alpha value is -0.520. The molecule has 11 heavy (non-hydrogen) atoms. The average molecular weight is 154 g/mol. The fourth-order valence-corrected chi connectivity index (χ4v) is 1.11. The van der Waals surface area contributed by atoms with Gasteiger partial charge in [-0.15, -0.1) is 12.3 Å². The maximum absolute atomic E-state index is 5.34. The van der Waals surface area contributed by atoms with Crippen molar-refractivity contribution in [3.8, 4) is 12.3 Å². The maximum Gasteiger partial charge on any atom is 0.0210 e. The van der Waals surface area contributed by atoms with Crippen molar-refractivity contribution in [1.29, 1.82) is 0 Å². The van der Waals surface area contributed by atoms with Gasteiger partial charge in [0.15, 0.2) is 0 Å². The fourth-order valence-electron chi connectivity index (χ4n) is 1.11. The van der Waals surface area contributed by atoms with Gasteiger partial charge in [0.2, 0.25) is 0 Å². The van der Waals surface area contributed by atoms with Crippen molar-refractivity contribution < 1.29 is 0 Å². The molecule has 0 spiro atoms. The van der Waals surface area contributed by atoms with Crippen LogP contribution in [-0.2, 0) is 0 Å². The minimum atomic E-state index is 0.452. The summed E-state index contributed by atoms with van der Waals surface area (Å²) in [7, 11) is 0. The van der Waals surface area contributed by atoms with Gasteiger partial charge in [-0.2, -0.15) is 0 Å². The zero-order valence-corrected chi connectivity index (χ0v) is 7.27. The Labute approximate surface area is 69.5 Å². The largest absolute Gasteiger partial charge is 0.271 e. The highest BCUT2D eigenvalue weighted by Gasteiger charge is 2.02. The number of terminal acetylenes is 1. The number of nitrogens with one attached hydrogen (secondary N) is 1. The second-order valence-corrected chi connectivity index (χ2v) is 2.75. The van der Waals surface area contributed by atoms with Crippen molar-refractivity contribution in [2.45, 2.75) is 45.1 Å². The molecule has 3 N–H and O–H groups in total. The van der Waals surface area contributed by atoms with Crippen LogP contribution in [0.4, 0.5) is 0 Å². The monoisotopic (exact) mass is 154 g/mol. The number of hydrogen-bond donors (Lipinski definition) is 2. The van der Waals surface area contributed by atoms with Gasteiger partial charge < -0.3 is 0 Å². The summed E-state index contributed by atoms with van der Waals surface area (Å²) in [5.74, 6) is 7.96. The molecule has 0 aromatic rings. The molecular formula is C9H18N2. The third-order valence-corrected chi connectivity index (χ3v) is 1.75. The summed E-state index contributed by atoms with van der Waals surface area (Å²) in [4.78, 5) is 0. The van der Waals surface area contributed by atoms with E-state index in [-0.39, 0.29) is 0 Å². The minimum absolute atomic E-state index is 0.452. The van der Waals surface area contributed by atoms with Crippen LogP contribution in [0.25, 0.3) is 0 Å². The van der Waals surface area contributed by atoms with Crippen molar-refractivity contribution in [3.05, 3.63) is 0 Å². The molecule has 0 aliphatic heterocycles. The summed E-state index contributed by atoms with van der Waals surface area (Å²) in [6.45, 7) is 2.16. The summed E-state index contributed by atoms with van der Waals surface area (Å²) >= 11 is 0. The number of hydrazine groups is 1. The van der Waals surface area contributed by atoms with E-state index in [4.69, 9.17) is 12.3 Å². The van der Waals surface area contributed by atoms with Gasteiger partial charge in [-0.05, 0) is 19.3 Å². The Morgan fingerprint density at radius 3 is 2.73 bits per heavy atom. The van der Waals surface area contributed by atoms with Gasteiger partial charge in [-0.1, -0.05) is 13.3 Å². The molecule has 2 heteroatoms. The summed E-state index contributed by atoms with van der Waals surface area (Å²) in [5, 5.41) is 0. The smallest absolute Gasteiger partial charge is 0.0210 e. The lowest BCUT2D eigenvalue weighted by Gasteiger charge is -2.13. The van der Waals surface area contributed by atoms with E-state index in [1.807, 2.05) is 0 Å². The van der Waals surface area contributed by atoms with Gasteiger partial charge in [-0.25, -0.2) is 0 Å². The SMILES string of the molecule is C#CCCCC(CCC)NN. The predicted octanol–water partition coefficient (Wildman–Crippen LogP) is 1.42. The lowest BCUT2D eigenvalue weighted by atomic mass is 10.1. The summed E-state index contributed by atoms with van der Waals surface area (Å²) in [5.41, 5.74) is 2.79. The molecule has 0 saturated heterocycles. The molecule has 2 nitrogen and oxygen atoms in total. The first-order valence-electron chi connectivity index (χ1n) is 4.24. The van der Waals surface area contributed by atoms with Gasteiger partial charge >= 0.3 is 0 Å². The van der Waals surface area contributed by atoms with Crippen LogP contribution in [0.1, 0.15) is 39.0 Å². The standard InChI is InChI=1S/C9H18N2/c1-3-5-6-8-9(11-10)7-4-2/h1,9,11H,4-8,10H2,2H3. The number of unbranched alkanes of at least 4 members (excludes halogenated alkanes) is 1. The molecule has 0 radical (unpaired) electrons. The fraction of sp³-hybridized carbons (Fsp3) is 0.778. The van der Waals surface area contributed by atoms with Crippen LogP contribution in [0.2, 0.25) is 0 Å². The van der Waals surface area contributed by atoms with E-state index in [1.165, 1.54) is 6.42 Å². The molecule has 0 aromatic carbocycles. The van der Waals surface area contributed by atoms with Crippen molar-refractivity contribution >= 4 is 0 Å².